The van der Waals surface area contributed by atoms with Crippen molar-refractivity contribution in [1.82, 2.24) is 15.7 Å². The Labute approximate surface area is 257 Å². The van der Waals surface area contributed by atoms with Gasteiger partial charge in [-0.3, -0.25) is 0 Å². The molecule has 9 nitrogen and oxygen atoms in total. The number of hydrogen-bond acceptors (Lipinski definition) is 7. The zero-order valence-electron chi connectivity index (χ0n) is 24.3. The van der Waals surface area contributed by atoms with Crippen molar-refractivity contribution in [1.29, 1.82) is 0 Å². The number of nitrogens with one attached hydrogen (secondary N) is 2. The summed E-state index contributed by atoms with van der Waals surface area (Å²) in [7, 11) is -6.03. The van der Waals surface area contributed by atoms with Gasteiger partial charge in [-0.15, -0.1) is 4.57 Å². The van der Waals surface area contributed by atoms with Crippen LogP contribution in [0.3, 0.4) is 0 Å². The highest BCUT2D eigenvalue weighted by molar-refractivity contribution is 7.78. The molecule has 218 valence electrons. The molecule has 0 saturated heterocycles. The third kappa shape index (κ3) is 2.18. The van der Waals surface area contributed by atoms with E-state index in [1.165, 1.54) is 0 Å². The van der Waals surface area contributed by atoms with E-state index >= 15 is 9.13 Å². The van der Waals surface area contributed by atoms with Gasteiger partial charge in [-0.05, 0) is 59.8 Å². The van der Waals surface area contributed by atoms with E-state index in [-0.39, 0.29) is 12.6 Å². The van der Waals surface area contributed by atoms with E-state index in [9.17, 15) is 0 Å². The highest BCUT2D eigenvalue weighted by atomic mass is 31.2. The largest absolute Gasteiger partial charge is 0.477 e. The molecule has 45 heavy (non-hydrogen) atoms. The van der Waals surface area contributed by atoms with Gasteiger partial charge >= 0.3 is 11.5 Å². The Kier molecular flexibility index (Phi) is 3.75. The summed E-state index contributed by atoms with van der Waals surface area (Å²) in [4.78, 5) is 0. The second kappa shape index (κ2) is 6.98. The maximum atomic E-state index is 15.0. The van der Waals surface area contributed by atoms with Crippen molar-refractivity contribution in [2.75, 3.05) is 26.8 Å². The molecule has 0 fully saturated rings. The fourth-order valence-electron chi connectivity index (χ4n) is 9.99. The monoisotopic (exact) mass is 629 g/mol. The lowest BCUT2D eigenvalue weighted by Crippen LogP contribution is -2.84. The molecule has 5 atom stereocenters. The number of rotatable bonds is 0. The van der Waals surface area contributed by atoms with Gasteiger partial charge in [0.1, 0.15) is 44.8 Å². The minimum Gasteiger partial charge on any atom is -0.477 e. The first-order chi connectivity index (χ1) is 21.8. The molecule has 4 aromatic carbocycles. The highest BCUT2D eigenvalue weighted by Gasteiger charge is 2.74. The van der Waals surface area contributed by atoms with E-state index in [0.29, 0.717) is 6.73 Å². The summed E-state index contributed by atoms with van der Waals surface area (Å²) in [5.41, 5.74) is 6.59. The molecular formula is C34H25N5O4P2+2. The molecule has 0 radical (unpaired) electrons. The lowest BCUT2D eigenvalue weighted by atomic mass is 9.73. The molecule has 2 spiro atoms. The minimum atomic E-state index is -3.02. The highest BCUT2D eigenvalue weighted by Crippen LogP contribution is 2.64. The van der Waals surface area contributed by atoms with Crippen LogP contribution in [0.15, 0.2) is 73.1 Å². The summed E-state index contributed by atoms with van der Waals surface area (Å²) in [6, 6.07) is 20.4. The number of nitrogens with zero attached hydrogens (tertiary/aromatic N) is 3. The predicted octanol–water partition coefficient (Wildman–Crippen LogP) is 1.34. The summed E-state index contributed by atoms with van der Waals surface area (Å²) in [6.45, 7) is 4.34. The van der Waals surface area contributed by atoms with Gasteiger partial charge in [0.2, 0.25) is 6.20 Å². The third-order valence-corrected chi connectivity index (χ3v) is 16.7. The number of ether oxygens (including phenoxy) is 2. The Hall–Kier alpha value is -4.13. The predicted molar refractivity (Wildman–Crippen MR) is 166 cm³/mol. The molecule has 2 N–H and O–H groups in total. The lowest BCUT2D eigenvalue weighted by Gasteiger charge is -2.47. The van der Waals surface area contributed by atoms with Gasteiger partial charge in [0, 0.05) is 31.0 Å². The van der Waals surface area contributed by atoms with Crippen LogP contribution >= 0.6 is 14.3 Å². The molecule has 6 aliphatic heterocycles. The van der Waals surface area contributed by atoms with Crippen LogP contribution in [-0.2, 0) is 20.5 Å². The molecule has 0 saturated carbocycles. The average Bonchev–Trinajstić information content (AvgIpc) is 3.40. The summed E-state index contributed by atoms with van der Waals surface area (Å²) < 4.78 is 46.9. The van der Waals surface area contributed by atoms with Crippen LogP contribution in [-0.4, -0.2) is 31.9 Å². The lowest BCUT2D eigenvalue weighted by molar-refractivity contribution is -0.914. The van der Waals surface area contributed by atoms with E-state index in [0.717, 1.165) is 83.0 Å². The summed E-state index contributed by atoms with van der Waals surface area (Å²) in [6.07, 6.45) is 3.91. The van der Waals surface area contributed by atoms with Crippen molar-refractivity contribution < 1.29 is 27.9 Å². The molecule has 0 bridgehead atoms. The quantitative estimate of drug-likeness (QED) is 0.194. The first-order valence-corrected chi connectivity index (χ1v) is 19.5. The van der Waals surface area contributed by atoms with Gasteiger partial charge in [0.05, 0.1) is 16.7 Å². The number of hydrogen-bond donors (Lipinski definition) is 2. The molecule has 12 rings (SSSR count). The minimum absolute atomic E-state index is 0.193. The number of fused-ring (bicyclic) bond motifs is 1. The van der Waals surface area contributed by atoms with Crippen molar-refractivity contribution in [2.24, 2.45) is 0 Å². The van der Waals surface area contributed by atoms with E-state index < -0.39 is 25.6 Å². The van der Waals surface area contributed by atoms with Gasteiger partial charge in [0.15, 0.2) is 12.1 Å². The first kappa shape index (κ1) is 24.1. The Morgan fingerprint density at radius 2 is 1.27 bits per heavy atom. The Morgan fingerprint density at radius 1 is 0.733 bits per heavy atom. The second-order valence-corrected chi connectivity index (χ2v) is 18.9. The van der Waals surface area contributed by atoms with Gasteiger partial charge in [-0.25, -0.2) is 10.6 Å². The van der Waals surface area contributed by atoms with Crippen molar-refractivity contribution in [3.05, 3.63) is 112 Å². The molecule has 11 heteroatoms. The summed E-state index contributed by atoms with van der Waals surface area (Å²) >= 11 is 0. The van der Waals surface area contributed by atoms with Crippen molar-refractivity contribution in [2.45, 2.75) is 17.2 Å². The number of aromatic nitrogens is 3. The van der Waals surface area contributed by atoms with E-state index in [1.54, 1.807) is 0 Å². The zero-order valence-corrected chi connectivity index (χ0v) is 26.1. The van der Waals surface area contributed by atoms with Gasteiger partial charge in [-0.2, -0.15) is 0 Å². The zero-order chi connectivity index (χ0) is 29.8. The fraction of sp³-hybridized carbons (Fsp3) is 0.206. The molecule has 1 aliphatic carbocycles. The van der Waals surface area contributed by atoms with E-state index in [4.69, 9.17) is 14.6 Å². The first-order valence-electron chi connectivity index (χ1n) is 15.2. The van der Waals surface area contributed by atoms with Crippen LogP contribution in [0.25, 0.3) is 11.1 Å². The molecule has 0 amide bonds. The standard InChI is InChI=1S/C34H25N5O4P2/c1-44(40)21-7-3-5-19-28(21)33(35-15-42-19)30-23(44)11-9-17-18-10-12-24-31-26(18)27(25(17)30)32-38(33)14-13-37-39(32)34(31)29-20(43-16-36-34)6-4-8-22(29)45(24,2)41/h3-14,27,35-36H,15-16H2,1-2H3/q+2. The van der Waals surface area contributed by atoms with Gasteiger partial charge in [-0.1, -0.05) is 36.4 Å². The van der Waals surface area contributed by atoms with E-state index in [2.05, 4.69) is 50.3 Å². The van der Waals surface area contributed by atoms with Gasteiger partial charge in [0.25, 0.3) is 5.66 Å². The van der Waals surface area contributed by atoms with Crippen LogP contribution < -0.4 is 50.6 Å². The summed E-state index contributed by atoms with van der Waals surface area (Å²) in [5, 5.41) is 16.1. The SMILES string of the molecule is CP1(=O)c2cccc3c2C2(NCO3)c3c1ccc1c3C3c4c-1ccc1c4C4(NCOc5cccc(c54)P1(C)=O)[n+]1ncc[n+]2c13. The molecule has 1 aromatic heterocycles. The maximum Gasteiger partial charge on any atom is 0.459 e. The second-order valence-electron chi connectivity index (χ2n) is 13.2. The molecule has 5 aromatic rings. The fourth-order valence-corrected chi connectivity index (χ4v) is 14.8. The van der Waals surface area contributed by atoms with Crippen LogP contribution in [0.1, 0.15) is 45.1 Å². The van der Waals surface area contributed by atoms with Crippen molar-refractivity contribution in [3.8, 4) is 22.6 Å². The topological polar surface area (TPSA) is 97.3 Å². The molecule has 7 aliphatic rings. The molecular weight excluding hydrogens is 604 g/mol. The molecule has 7 heterocycles. The van der Waals surface area contributed by atoms with Crippen molar-refractivity contribution in [3.63, 3.8) is 0 Å². The Morgan fingerprint density at radius 3 is 1.89 bits per heavy atom. The van der Waals surface area contributed by atoms with Crippen LogP contribution in [0, 0.1) is 0 Å². The maximum absolute atomic E-state index is 15.0. The number of benzene rings is 4. The van der Waals surface area contributed by atoms with Crippen molar-refractivity contribution >= 4 is 35.5 Å². The summed E-state index contributed by atoms with van der Waals surface area (Å²) in [5.74, 6) is 2.27. The molecule has 5 unspecified atom stereocenters. The Bertz CT molecular complexity index is 2310. The average molecular weight is 630 g/mol. The smallest absolute Gasteiger partial charge is 0.459 e. The van der Waals surface area contributed by atoms with Crippen LogP contribution in [0.5, 0.6) is 11.5 Å². The van der Waals surface area contributed by atoms with Gasteiger partial charge < -0.3 is 18.6 Å². The van der Waals surface area contributed by atoms with Crippen LogP contribution in [0.2, 0.25) is 0 Å². The third-order valence-electron chi connectivity index (χ3n) is 11.5. The Balaban J connectivity index is 1.35. The normalized spacial score (nSPS) is 31.6. The van der Waals surface area contributed by atoms with Crippen LogP contribution in [0.4, 0.5) is 0 Å². The van der Waals surface area contributed by atoms with E-state index in [1.807, 2.05) is 55.9 Å².